The number of nitrogens with one attached hydrogen (secondary N) is 1. The van der Waals surface area contributed by atoms with Gasteiger partial charge in [0, 0.05) is 35.3 Å². The minimum Gasteiger partial charge on any atom is -0.381 e. The number of nitrogen functional groups attached to an aromatic ring is 1. The van der Waals surface area contributed by atoms with Gasteiger partial charge in [0.2, 0.25) is 0 Å². The molecule has 0 radical (unpaired) electrons. The minimum absolute atomic E-state index is 0.0402. The first kappa shape index (κ1) is 23.7. The van der Waals surface area contributed by atoms with E-state index in [0.29, 0.717) is 29.0 Å². The lowest BCUT2D eigenvalue weighted by Gasteiger charge is -2.35. The van der Waals surface area contributed by atoms with Crippen molar-refractivity contribution in [3.8, 4) is 28.5 Å². The van der Waals surface area contributed by atoms with Gasteiger partial charge in [0.15, 0.2) is 17.3 Å². The predicted octanol–water partition coefficient (Wildman–Crippen LogP) is 3.90. The van der Waals surface area contributed by atoms with Crippen LogP contribution in [0.4, 0.5) is 14.6 Å². The first-order valence-corrected chi connectivity index (χ1v) is 12.1. The maximum absolute atomic E-state index is 15.1. The molecule has 9 nitrogen and oxygen atoms in total. The van der Waals surface area contributed by atoms with Crippen LogP contribution in [0.1, 0.15) is 35.8 Å². The highest BCUT2D eigenvalue weighted by Crippen LogP contribution is 2.34. The fourth-order valence-corrected chi connectivity index (χ4v) is 4.86. The monoisotopic (exact) mass is 511 g/mol. The number of nitrogens with two attached hydrogens (primary N) is 1. The Hall–Kier alpha value is -4.69. The summed E-state index contributed by atoms with van der Waals surface area (Å²) in [6.45, 7) is 0. The van der Waals surface area contributed by atoms with E-state index in [1.165, 1.54) is 28.9 Å². The molecule has 2 aromatic carbocycles. The number of aromatic nitrogens is 6. The lowest BCUT2D eigenvalue weighted by Crippen LogP contribution is -2.40. The third kappa shape index (κ3) is 4.05. The summed E-state index contributed by atoms with van der Waals surface area (Å²) in [7, 11) is 1.96. The van der Waals surface area contributed by atoms with Crippen molar-refractivity contribution in [2.75, 3.05) is 12.8 Å². The van der Waals surface area contributed by atoms with Crippen molar-refractivity contribution in [1.29, 1.82) is 5.26 Å². The summed E-state index contributed by atoms with van der Waals surface area (Å²) >= 11 is 0. The number of fused-ring (bicyclic) bond motifs is 1. The Morgan fingerprint density at radius 1 is 1.11 bits per heavy atom. The summed E-state index contributed by atoms with van der Waals surface area (Å²) in [5.74, 6) is -0.702. The van der Waals surface area contributed by atoms with E-state index >= 15 is 4.39 Å². The van der Waals surface area contributed by atoms with E-state index in [1.807, 2.05) is 30.1 Å². The summed E-state index contributed by atoms with van der Waals surface area (Å²) in [4.78, 5) is 8.74. The van der Waals surface area contributed by atoms with Crippen molar-refractivity contribution >= 4 is 11.5 Å². The summed E-state index contributed by atoms with van der Waals surface area (Å²) < 4.78 is 33.2. The SMILES string of the molecule is CN[C@H]1C[C@H](n2cc(-c3cccc(F)c3Cc3nc4c(N)nc(-c5cccc(C#N)c5F)cn4n3)cn2)C1. The zero-order valence-corrected chi connectivity index (χ0v) is 20.4. The van der Waals surface area contributed by atoms with Gasteiger partial charge in [-0.05, 0) is 43.7 Å². The van der Waals surface area contributed by atoms with Gasteiger partial charge in [-0.15, -0.1) is 0 Å². The Morgan fingerprint density at radius 3 is 2.68 bits per heavy atom. The van der Waals surface area contributed by atoms with Crippen LogP contribution in [0.2, 0.25) is 0 Å². The van der Waals surface area contributed by atoms with Gasteiger partial charge in [-0.25, -0.2) is 23.3 Å². The van der Waals surface area contributed by atoms with Crippen molar-refractivity contribution in [3.63, 3.8) is 0 Å². The van der Waals surface area contributed by atoms with Crippen molar-refractivity contribution in [2.45, 2.75) is 31.3 Å². The molecular weight excluding hydrogens is 488 g/mol. The number of halogens is 2. The van der Waals surface area contributed by atoms with Gasteiger partial charge in [0.1, 0.15) is 17.7 Å². The molecule has 0 atom stereocenters. The van der Waals surface area contributed by atoms with Crippen molar-refractivity contribution in [1.82, 2.24) is 34.7 Å². The van der Waals surface area contributed by atoms with Crippen LogP contribution in [-0.2, 0) is 6.42 Å². The van der Waals surface area contributed by atoms with Gasteiger partial charge < -0.3 is 11.1 Å². The molecule has 1 saturated carbocycles. The molecule has 11 heteroatoms. The quantitative estimate of drug-likeness (QED) is 0.354. The Bertz CT molecular complexity index is 1710. The van der Waals surface area contributed by atoms with E-state index in [-0.39, 0.29) is 40.5 Å². The summed E-state index contributed by atoms with van der Waals surface area (Å²) in [6.07, 6.45) is 7.30. The van der Waals surface area contributed by atoms with E-state index < -0.39 is 5.82 Å². The molecule has 3 aromatic heterocycles. The average molecular weight is 512 g/mol. The van der Waals surface area contributed by atoms with E-state index in [1.54, 1.807) is 18.3 Å². The molecule has 0 aliphatic heterocycles. The molecule has 0 unspecified atom stereocenters. The molecule has 0 bridgehead atoms. The molecular formula is C27H23F2N9. The molecule has 38 heavy (non-hydrogen) atoms. The molecule has 0 amide bonds. The maximum atomic E-state index is 15.1. The Balaban J connectivity index is 1.33. The molecule has 1 fully saturated rings. The van der Waals surface area contributed by atoms with E-state index in [4.69, 9.17) is 11.0 Å². The highest BCUT2D eigenvalue weighted by atomic mass is 19.1. The molecule has 0 spiro atoms. The molecule has 1 aliphatic carbocycles. The third-order valence-corrected chi connectivity index (χ3v) is 7.05. The standard InChI is InChI=1S/C27H23F2N9/c1-32-17-8-18(9-17)37-13-16(12-33-37)19-5-3-7-22(28)21(19)10-24-35-27-26(31)34-23(14-38(27)36-24)20-6-2-4-15(11-30)25(20)29/h2-7,12-14,17-18,32H,8-10H2,1H3,(H2,31,34)/t17-,18-. The zero-order valence-electron chi connectivity index (χ0n) is 20.4. The van der Waals surface area contributed by atoms with Crippen LogP contribution in [0.5, 0.6) is 0 Å². The summed E-state index contributed by atoms with van der Waals surface area (Å²) in [5, 5.41) is 21.4. The number of hydrogen-bond donors (Lipinski definition) is 2. The van der Waals surface area contributed by atoms with E-state index in [0.717, 1.165) is 18.4 Å². The van der Waals surface area contributed by atoms with E-state index in [2.05, 4.69) is 25.5 Å². The molecule has 3 heterocycles. The lowest BCUT2D eigenvalue weighted by atomic mass is 9.87. The second kappa shape index (κ2) is 9.32. The van der Waals surface area contributed by atoms with Gasteiger partial charge in [-0.1, -0.05) is 18.2 Å². The van der Waals surface area contributed by atoms with Gasteiger partial charge in [-0.2, -0.15) is 15.5 Å². The van der Waals surface area contributed by atoms with Crippen LogP contribution in [-0.4, -0.2) is 42.5 Å². The minimum atomic E-state index is -0.693. The fourth-order valence-electron chi connectivity index (χ4n) is 4.86. The summed E-state index contributed by atoms with van der Waals surface area (Å²) in [6, 6.07) is 12.0. The van der Waals surface area contributed by atoms with Crippen LogP contribution < -0.4 is 11.1 Å². The smallest absolute Gasteiger partial charge is 0.198 e. The number of nitrogens with zero attached hydrogens (tertiary/aromatic N) is 7. The maximum Gasteiger partial charge on any atom is 0.198 e. The number of anilines is 1. The Kier molecular flexibility index (Phi) is 5.81. The second-order valence-corrected chi connectivity index (χ2v) is 9.35. The van der Waals surface area contributed by atoms with Crippen LogP contribution in [0.15, 0.2) is 55.0 Å². The van der Waals surface area contributed by atoms with Crippen molar-refractivity contribution in [3.05, 3.63) is 83.6 Å². The van der Waals surface area contributed by atoms with Crippen LogP contribution in [0, 0.1) is 23.0 Å². The summed E-state index contributed by atoms with van der Waals surface area (Å²) in [5.41, 5.74) is 8.59. The largest absolute Gasteiger partial charge is 0.381 e. The topological polar surface area (TPSA) is 123 Å². The molecule has 6 rings (SSSR count). The zero-order chi connectivity index (χ0) is 26.4. The fraction of sp³-hybridized carbons (Fsp3) is 0.222. The second-order valence-electron chi connectivity index (χ2n) is 9.35. The third-order valence-electron chi connectivity index (χ3n) is 7.05. The van der Waals surface area contributed by atoms with Gasteiger partial charge in [-0.3, -0.25) is 4.68 Å². The van der Waals surface area contributed by atoms with Crippen LogP contribution in [0.3, 0.4) is 0 Å². The normalized spacial score (nSPS) is 16.9. The highest BCUT2D eigenvalue weighted by molar-refractivity contribution is 5.69. The van der Waals surface area contributed by atoms with Crippen molar-refractivity contribution in [2.24, 2.45) is 0 Å². The number of benzene rings is 2. The lowest BCUT2D eigenvalue weighted by molar-refractivity contribution is 0.220. The first-order chi connectivity index (χ1) is 18.4. The number of rotatable bonds is 6. The molecule has 0 saturated heterocycles. The number of nitriles is 1. The first-order valence-electron chi connectivity index (χ1n) is 12.1. The Labute approximate surface area is 216 Å². The molecule has 190 valence electrons. The Morgan fingerprint density at radius 2 is 1.89 bits per heavy atom. The molecule has 5 aromatic rings. The highest BCUT2D eigenvalue weighted by Gasteiger charge is 2.30. The molecule has 1 aliphatic rings. The molecule has 3 N–H and O–H groups in total. The van der Waals surface area contributed by atoms with Crippen LogP contribution in [0.25, 0.3) is 28.0 Å². The van der Waals surface area contributed by atoms with Crippen LogP contribution >= 0.6 is 0 Å². The van der Waals surface area contributed by atoms with Crippen molar-refractivity contribution < 1.29 is 8.78 Å². The van der Waals surface area contributed by atoms with E-state index in [9.17, 15) is 4.39 Å². The van der Waals surface area contributed by atoms with Gasteiger partial charge in [0.25, 0.3) is 0 Å². The number of hydrogen-bond acceptors (Lipinski definition) is 7. The predicted molar refractivity (Wildman–Crippen MR) is 137 cm³/mol. The average Bonchev–Trinajstić information content (AvgIpc) is 3.52. The van der Waals surface area contributed by atoms with Gasteiger partial charge >= 0.3 is 0 Å². The van der Waals surface area contributed by atoms with Gasteiger partial charge in [0.05, 0.1) is 29.7 Å².